The Kier molecular flexibility index (Phi) is 5.51. The Hall–Kier alpha value is -0.700. The Labute approximate surface area is 107 Å². The van der Waals surface area contributed by atoms with Gasteiger partial charge in [0.15, 0.2) is 0 Å². The zero-order valence-electron chi connectivity index (χ0n) is 10.6. The van der Waals surface area contributed by atoms with E-state index >= 15 is 0 Å². The molecule has 0 amide bonds. The molecule has 1 aliphatic heterocycles. The highest BCUT2D eigenvalue weighted by atomic mass is 32.2. The highest BCUT2D eigenvalue weighted by Gasteiger charge is 2.31. The van der Waals surface area contributed by atoms with E-state index in [2.05, 4.69) is 9.46 Å². The Morgan fingerprint density at radius 2 is 2.28 bits per heavy atom. The van der Waals surface area contributed by atoms with Gasteiger partial charge in [-0.15, -0.1) is 0 Å². The largest absolute Gasteiger partial charge is 0.468 e. The van der Waals surface area contributed by atoms with Crippen molar-refractivity contribution in [2.24, 2.45) is 5.92 Å². The van der Waals surface area contributed by atoms with Crippen LogP contribution in [0, 0.1) is 5.92 Å². The molecule has 7 nitrogen and oxygen atoms in total. The van der Waals surface area contributed by atoms with E-state index in [4.69, 9.17) is 5.11 Å². The smallest absolute Gasteiger partial charge is 0.326 e. The normalized spacial score (nSPS) is 23.6. The van der Waals surface area contributed by atoms with Gasteiger partial charge in [0.05, 0.1) is 13.7 Å². The van der Waals surface area contributed by atoms with Crippen LogP contribution in [-0.4, -0.2) is 56.6 Å². The first kappa shape index (κ1) is 15.4. The van der Waals surface area contributed by atoms with Gasteiger partial charge in [-0.25, -0.2) is 0 Å². The number of aliphatic hydroxyl groups is 1. The van der Waals surface area contributed by atoms with Crippen LogP contribution in [-0.2, 0) is 19.7 Å². The number of esters is 1. The molecule has 2 atom stereocenters. The second-order valence-electron chi connectivity index (χ2n) is 4.49. The number of carbonyl (C=O) groups is 1. The molecule has 106 valence electrons. The van der Waals surface area contributed by atoms with Crippen LogP contribution < -0.4 is 4.72 Å². The van der Waals surface area contributed by atoms with Gasteiger partial charge in [0.2, 0.25) is 0 Å². The number of methoxy groups -OCH3 is 1. The van der Waals surface area contributed by atoms with E-state index < -0.39 is 28.8 Å². The molecule has 1 aliphatic rings. The lowest BCUT2D eigenvalue weighted by Gasteiger charge is -2.30. The fourth-order valence-electron chi connectivity index (χ4n) is 1.92. The zero-order valence-corrected chi connectivity index (χ0v) is 11.4. The minimum atomic E-state index is -3.76. The molecule has 18 heavy (non-hydrogen) atoms. The lowest BCUT2D eigenvalue weighted by atomic mass is 10.0. The van der Waals surface area contributed by atoms with Gasteiger partial charge in [0, 0.05) is 13.1 Å². The van der Waals surface area contributed by atoms with Crippen LogP contribution in [0.25, 0.3) is 0 Å². The van der Waals surface area contributed by atoms with Crippen LogP contribution >= 0.6 is 0 Å². The number of nitrogens with zero attached hydrogens (tertiary/aromatic N) is 1. The van der Waals surface area contributed by atoms with Crippen LogP contribution in [0.2, 0.25) is 0 Å². The molecule has 1 rings (SSSR count). The van der Waals surface area contributed by atoms with Gasteiger partial charge < -0.3 is 9.84 Å². The first-order chi connectivity index (χ1) is 8.40. The van der Waals surface area contributed by atoms with E-state index in [9.17, 15) is 13.2 Å². The lowest BCUT2D eigenvalue weighted by molar-refractivity contribution is -0.143. The maximum atomic E-state index is 12.0. The molecule has 0 aliphatic carbocycles. The van der Waals surface area contributed by atoms with Crippen molar-refractivity contribution in [1.82, 2.24) is 9.03 Å². The average Bonchev–Trinajstić information content (AvgIpc) is 2.35. The highest BCUT2D eigenvalue weighted by Crippen LogP contribution is 2.17. The summed E-state index contributed by atoms with van der Waals surface area (Å²) in [6.07, 6.45) is 1.79. The molecule has 0 aromatic rings. The molecule has 1 saturated heterocycles. The number of carbonyl (C=O) groups excluding carboxylic acids is 1. The number of rotatable bonds is 5. The summed E-state index contributed by atoms with van der Waals surface area (Å²) in [6, 6.07) is -1.25. The number of piperidine rings is 1. The molecule has 0 saturated carbocycles. The van der Waals surface area contributed by atoms with Crippen molar-refractivity contribution >= 4 is 16.2 Å². The first-order valence-corrected chi connectivity index (χ1v) is 7.30. The van der Waals surface area contributed by atoms with Crippen molar-refractivity contribution in [2.45, 2.75) is 25.8 Å². The van der Waals surface area contributed by atoms with E-state index in [1.165, 1.54) is 4.31 Å². The van der Waals surface area contributed by atoms with Gasteiger partial charge in [-0.1, -0.05) is 6.92 Å². The standard InChI is InChI=1S/C10H20N2O5S/c1-8-4-3-5-12(6-8)18(15,16)11-9(7-13)10(14)17-2/h8-9,11,13H,3-7H2,1-2H3. The topological polar surface area (TPSA) is 95.9 Å². The van der Waals surface area contributed by atoms with Crippen molar-refractivity contribution in [3.05, 3.63) is 0 Å². The van der Waals surface area contributed by atoms with E-state index in [-0.39, 0.29) is 0 Å². The first-order valence-electron chi connectivity index (χ1n) is 5.86. The summed E-state index contributed by atoms with van der Waals surface area (Å²) in [5.41, 5.74) is 0. The summed E-state index contributed by atoms with van der Waals surface area (Å²) in [6.45, 7) is 2.20. The molecule has 2 N–H and O–H groups in total. The third-order valence-electron chi connectivity index (χ3n) is 2.92. The van der Waals surface area contributed by atoms with Crippen molar-refractivity contribution in [1.29, 1.82) is 0 Å². The van der Waals surface area contributed by atoms with E-state index in [1.54, 1.807) is 0 Å². The fraction of sp³-hybridized carbons (Fsp3) is 0.900. The summed E-state index contributed by atoms with van der Waals surface area (Å²) in [5, 5.41) is 8.99. The van der Waals surface area contributed by atoms with Gasteiger partial charge in [0.1, 0.15) is 6.04 Å². The summed E-state index contributed by atoms with van der Waals surface area (Å²) >= 11 is 0. The third kappa shape index (κ3) is 3.91. The predicted molar refractivity (Wildman–Crippen MR) is 64.9 cm³/mol. The van der Waals surface area contributed by atoms with Crippen LogP contribution in [0.15, 0.2) is 0 Å². The Bertz CT molecular complexity index is 384. The van der Waals surface area contributed by atoms with Crippen molar-refractivity contribution < 1.29 is 23.1 Å². The van der Waals surface area contributed by atoms with Crippen LogP contribution in [0.1, 0.15) is 19.8 Å². The van der Waals surface area contributed by atoms with Crippen LogP contribution in [0.3, 0.4) is 0 Å². The molecule has 0 spiro atoms. The van der Waals surface area contributed by atoms with Gasteiger partial charge in [0.25, 0.3) is 10.2 Å². The monoisotopic (exact) mass is 280 g/mol. The molecule has 0 bridgehead atoms. The second kappa shape index (κ2) is 6.46. The quantitative estimate of drug-likeness (QED) is 0.635. The Morgan fingerprint density at radius 1 is 1.61 bits per heavy atom. The SMILES string of the molecule is COC(=O)C(CO)NS(=O)(=O)N1CCCC(C)C1. The van der Waals surface area contributed by atoms with Crippen molar-refractivity contribution in [2.75, 3.05) is 26.8 Å². The molecule has 2 unspecified atom stereocenters. The molecule has 0 radical (unpaired) electrons. The highest BCUT2D eigenvalue weighted by molar-refractivity contribution is 7.87. The molecular weight excluding hydrogens is 260 g/mol. The van der Waals surface area contributed by atoms with Gasteiger partial charge in [-0.05, 0) is 18.8 Å². The molecular formula is C10H20N2O5S. The molecule has 0 aromatic heterocycles. The minimum Gasteiger partial charge on any atom is -0.468 e. The van der Waals surface area contributed by atoms with Gasteiger partial charge >= 0.3 is 5.97 Å². The molecule has 8 heteroatoms. The number of hydrogen-bond donors (Lipinski definition) is 2. The molecule has 1 heterocycles. The van der Waals surface area contributed by atoms with E-state index in [0.717, 1.165) is 20.0 Å². The van der Waals surface area contributed by atoms with E-state index in [1.807, 2.05) is 6.92 Å². The Morgan fingerprint density at radius 3 is 2.78 bits per heavy atom. The third-order valence-corrected chi connectivity index (χ3v) is 4.51. The zero-order chi connectivity index (χ0) is 13.8. The number of nitrogens with one attached hydrogen (secondary N) is 1. The summed E-state index contributed by atoms with van der Waals surface area (Å²) in [5.74, 6) is -0.507. The summed E-state index contributed by atoms with van der Waals surface area (Å²) < 4.78 is 31.9. The van der Waals surface area contributed by atoms with Crippen molar-refractivity contribution in [3.8, 4) is 0 Å². The van der Waals surface area contributed by atoms with E-state index in [0.29, 0.717) is 19.0 Å². The Balaban J connectivity index is 2.70. The molecule has 0 aromatic carbocycles. The maximum absolute atomic E-state index is 12.0. The predicted octanol–water partition coefficient (Wildman–Crippen LogP) is -0.913. The van der Waals surface area contributed by atoms with Gasteiger partial charge in [-0.3, -0.25) is 4.79 Å². The summed E-state index contributed by atoms with van der Waals surface area (Å²) in [7, 11) is -2.62. The average molecular weight is 280 g/mol. The number of hydrogen-bond acceptors (Lipinski definition) is 5. The lowest BCUT2D eigenvalue weighted by Crippen LogP contribution is -2.52. The molecule has 1 fully saturated rings. The maximum Gasteiger partial charge on any atom is 0.326 e. The summed E-state index contributed by atoms with van der Waals surface area (Å²) in [4.78, 5) is 11.2. The van der Waals surface area contributed by atoms with Crippen LogP contribution in [0.4, 0.5) is 0 Å². The van der Waals surface area contributed by atoms with Crippen molar-refractivity contribution in [3.63, 3.8) is 0 Å². The number of ether oxygens (including phenoxy) is 1. The second-order valence-corrected chi connectivity index (χ2v) is 6.19. The fourth-order valence-corrected chi connectivity index (χ4v) is 3.42. The van der Waals surface area contributed by atoms with Crippen LogP contribution in [0.5, 0.6) is 0 Å². The van der Waals surface area contributed by atoms with Gasteiger partial charge in [-0.2, -0.15) is 17.4 Å². The minimum absolute atomic E-state index is 0.293. The number of aliphatic hydroxyl groups excluding tert-OH is 1.